The first-order valence-electron chi connectivity index (χ1n) is 12.3. The van der Waals surface area contributed by atoms with E-state index in [1.54, 1.807) is 0 Å². The van der Waals surface area contributed by atoms with E-state index in [0.717, 1.165) is 10.9 Å². The minimum atomic E-state index is -5.28. The predicted molar refractivity (Wildman–Crippen MR) is 137 cm³/mol. The highest BCUT2D eigenvalue weighted by Gasteiger charge is 2.54. The van der Waals surface area contributed by atoms with Crippen LogP contribution in [0.3, 0.4) is 0 Å². The van der Waals surface area contributed by atoms with Crippen molar-refractivity contribution in [3.8, 4) is 0 Å². The van der Waals surface area contributed by atoms with Crippen LogP contribution in [-0.4, -0.2) is 84.8 Å². The van der Waals surface area contributed by atoms with E-state index < -0.39 is 76.3 Å². The van der Waals surface area contributed by atoms with Gasteiger partial charge in [0.2, 0.25) is 0 Å². The quantitative estimate of drug-likeness (QED) is 0.130. The van der Waals surface area contributed by atoms with Crippen LogP contribution >= 0.6 is 15.6 Å². The van der Waals surface area contributed by atoms with Gasteiger partial charge in [0.25, 0.3) is 5.56 Å². The number of aromatic amines is 1. The number of aliphatic hydroxyl groups is 1. The van der Waals surface area contributed by atoms with Crippen LogP contribution < -0.4 is 17.0 Å². The molecule has 0 saturated carbocycles. The second-order valence-electron chi connectivity index (χ2n) is 9.75. The average molecular weight is 635 g/mol. The van der Waals surface area contributed by atoms with Crippen molar-refractivity contribution in [1.82, 2.24) is 29.1 Å². The third-order valence-corrected chi connectivity index (χ3v) is 7.98. The Bertz CT molecular complexity index is 1680. The fourth-order valence-electron chi connectivity index (χ4n) is 5.17. The Kier molecular flexibility index (Phi) is 8.25. The molecule has 5 rings (SSSR count). The summed E-state index contributed by atoms with van der Waals surface area (Å²) >= 11 is 0. The molecule has 22 heteroatoms. The number of nitrogens with two attached hydrogens (primary N) is 1. The highest BCUT2D eigenvalue weighted by atomic mass is 31.2. The Morgan fingerprint density at radius 1 is 1.12 bits per heavy atom. The van der Waals surface area contributed by atoms with E-state index >= 15 is 0 Å². The van der Waals surface area contributed by atoms with Crippen molar-refractivity contribution in [2.45, 2.75) is 56.6 Å². The fraction of sp³-hybridized carbons (Fsp3) is 0.550. The molecule has 3 aromatic heterocycles. The van der Waals surface area contributed by atoms with E-state index in [4.69, 9.17) is 19.7 Å². The minimum absolute atomic E-state index is 0.00171. The Balaban J connectivity index is 1.54. The second-order valence-corrected chi connectivity index (χ2v) is 12.2. The maximum atomic E-state index is 12.4. The first-order valence-corrected chi connectivity index (χ1v) is 15.4. The van der Waals surface area contributed by atoms with E-state index in [1.807, 2.05) is 0 Å². The number of aryl methyl sites for hydroxylation is 1. The van der Waals surface area contributed by atoms with Gasteiger partial charge in [0.05, 0.1) is 31.1 Å². The fourth-order valence-corrected chi connectivity index (χ4v) is 6.11. The number of aromatic nitrogens is 6. The maximum absolute atomic E-state index is 12.4. The van der Waals surface area contributed by atoms with Gasteiger partial charge in [0.15, 0.2) is 11.5 Å². The van der Waals surface area contributed by atoms with Gasteiger partial charge in [-0.25, -0.2) is 28.9 Å². The number of ether oxygens (including phenoxy) is 2. The van der Waals surface area contributed by atoms with Crippen LogP contribution in [0.4, 0.5) is 5.82 Å². The van der Waals surface area contributed by atoms with E-state index in [1.165, 1.54) is 24.0 Å². The smallest absolute Gasteiger partial charge is 0.390 e. The first kappa shape index (κ1) is 30.6. The number of phosphoric acid groups is 2. The van der Waals surface area contributed by atoms with Crippen molar-refractivity contribution in [3.05, 3.63) is 45.3 Å². The van der Waals surface area contributed by atoms with Gasteiger partial charge in [-0.1, -0.05) is 0 Å². The average Bonchev–Trinajstić information content (AvgIpc) is 3.61. The zero-order valence-corrected chi connectivity index (χ0v) is 23.4. The van der Waals surface area contributed by atoms with E-state index in [9.17, 15) is 43.4 Å². The molecule has 3 aromatic rings. The number of anilines is 1. The van der Waals surface area contributed by atoms with Gasteiger partial charge in [-0.15, -0.1) is 0 Å². The normalized spacial score (nSPS) is 27.6. The molecular formula is C20H27N7O13P2. The molecule has 2 fully saturated rings. The molecule has 20 nitrogen and oxygen atoms in total. The molecule has 5 heterocycles. The molecule has 0 bridgehead atoms. The summed E-state index contributed by atoms with van der Waals surface area (Å²) in [5.74, 6) is -1.39. The number of phosphoric ester groups is 2. The second kappa shape index (κ2) is 11.3. The highest BCUT2D eigenvalue weighted by Crippen LogP contribution is 2.50. The molecule has 0 spiro atoms. The molecule has 0 aliphatic carbocycles. The van der Waals surface area contributed by atoms with Crippen LogP contribution in [0.5, 0.6) is 0 Å². The van der Waals surface area contributed by atoms with Crippen molar-refractivity contribution in [1.29, 1.82) is 0 Å². The number of imidazole rings is 1. The van der Waals surface area contributed by atoms with Gasteiger partial charge >= 0.3 is 21.3 Å². The number of nitrogens with one attached hydrogen (secondary N) is 1. The van der Waals surface area contributed by atoms with Crippen molar-refractivity contribution >= 4 is 32.6 Å². The largest absolute Gasteiger partial charge is 0.469 e. The highest BCUT2D eigenvalue weighted by molar-refractivity contribution is 7.46. The third-order valence-electron chi connectivity index (χ3n) is 6.98. The summed E-state index contributed by atoms with van der Waals surface area (Å²) < 4.78 is 47.5. The van der Waals surface area contributed by atoms with Gasteiger partial charge in [-0.2, -0.15) is 0 Å². The van der Waals surface area contributed by atoms with Crippen molar-refractivity contribution in [2.75, 3.05) is 12.3 Å². The van der Waals surface area contributed by atoms with E-state index in [0.29, 0.717) is 0 Å². The molecule has 0 aromatic carbocycles. The van der Waals surface area contributed by atoms with E-state index in [2.05, 4.69) is 24.5 Å². The van der Waals surface area contributed by atoms with Gasteiger partial charge in [-0.3, -0.25) is 28.0 Å². The molecule has 1 unspecified atom stereocenters. The molecule has 0 amide bonds. The zero-order chi connectivity index (χ0) is 30.6. The van der Waals surface area contributed by atoms with Crippen LogP contribution in [0, 0.1) is 12.8 Å². The zero-order valence-electron chi connectivity index (χ0n) is 21.6. The van der Waals surface area contributed by atoms with Gasteiger partial charge in [0, 0.05) is 11.8 Å². The Hall–Kier alpha value is -2.87. The van der Waals surface area contributed by atoms with Crippen LogP contribution in [0.1, 0.15) is 30.9 Å². The van der Waals surface area contributed by atoms with Gasteiger partial charge in [0.1, 0.15) is 36.5 Å². The number of aliphatic hydroxyl groups excluding tert-OH is 1. The lowest BCUT2D eigenvalue weighted by Crippen LogP contribution is -2.44. The van der Waals surface area contributed by atoms with Crippen molar-refractivity contribution < 1.29 is 52.3 Å². The summed E-state index contributed by atoms with van der Waals surface area (Å²) in [5.41, 5.74) is 4.97. The molecular weight excluding hydrogens is 608 g/mol. The van der Waals surface area contributed by atoms with Crippen LogP contribution in [0.25, 0.3) is 11.2 Å². The number of fused-ring (bicyclic) bond motifs is 1. The Labute approximate surface area is 234 Å². The number of rotatable bonds is 9. The maximum Gasteiger partial charge on any atom is 0.469 e. The first-order chi connectivity index (χ1) is 19.6. The number of nitrogens with zero attached hydrogens (tertiary/aromatic N) is 5. The number of H-pyrrole nitrogens is 1. The van der Waals surface area contributed by atoms with E-state index in [-0.39, 0.29) is 35.4 Å². The molecule has 2 aliphatic heterocycles. The molecule has 2 saturated heterocycles. The summed E-state index contributed by atoms with van der Waals surface area (Å²) in [4.78, 5) is 76.6. The Morgan fingerprint density at radius 2 is 1.86 bits per heavy atom. The molecule has 0 radical (unpaired) electrons. The molecule has 42 heavy (non-hydrogen) atoms. The molecule has 7 atom stereocenters. The number of hydrogen-bond acceptors (Lipinski definition) is 13. The predicted octanol–water partition coefficient (Wildman–Crippen LogP) is -1.59. The van der Waals surface area contributed by atoms with Crippen LogP contribution in [-0.2, 0) is 27.7 Å². The van der Waals surface area contributed by atoms with Crippen LogP contribution in [0.2, 0.25) is 0 Å². The summed E-state index contributed by atoms with van der Waals surface area (Å²) in [6.07, 6.45) is -4.42. The topological polar surface area (TPSA) is 297 Å². The summed E-state index contributed by atoms with van der Waals surface area (Å²) in [5, 5.41) is 11.3. The number of hydrogen-bond donors (Lipinski definition) is 7. The SMILES string of the molecule is Cc1cn([C@H]2CC[C@@H](C(OP(=O)(O)O)[C@@H]3[C@H](O)[C@@H](COP(=O)(O)O)O[C@H]3n3cnc4c(N)ncnc43)O2)c(=O)[nH]c1=O. The molecule has 8 N–H and O–H groups in total. The lowest BCUT2D eigenvalue weighted by Gasteiger charge is -2.33. The lowest BCUT2D eigenvalue weighted by atomic mass is 9.89. The summed E-state index contributed by atoms with van der Waals surface area (Å²) in [6.45, 7) is 0.661. The summed E-state index contributed by atoms with van der Waals surface area (Å²) in [6, 6.07) is 0. The third kappa shape index (κ3) is 6.24. The number of nitrogen functional groups attached to an aromatic ring is 1. The van der Waals surface area contributed by atoms with Crippen molar-refractivity contribution in [3.63, 3.8) is 0 Å². The van der Waals surface area contributed by atoms with Crippen molar-refractivity contribution in [2.24, 2.45) is 5.92 Å². The summed E-state index contributed by atoms with van der Waals surface area (Å²) in [7, 11) is -10.3. The van der Waals surface area contributed by atoms with Gasteiger partial charge < -0.3 is 39.9 Å². The standard InChI is InChI=1S/C20H27N7O13P2/c1-8-4-26(20(30)25-18(8)29)11-3-2-9(38-11)15(40-42(34,35)36)12-14(28)10(5-37-41(31,32)33)39-19(12)27-7-24-13-16(21)22-6-23-17(13)27/h4,6-7,9-12,14-15,19,28H,2-3,5H2,1H3,(H2,21,22,23)(H,25,29,30)(H2,31,32,33)(H2,34,35,36)/t9-,10+,11+,12-,14+,15?,19+/m0/s1. The van der Waals surface area contributed by atoms with Gasteiger partial charge in [-0.05, 0) is 19.8 Å². The Morgan fingerprint density at radius 3 is 2.55 bits per heavy atom. The van der Waals surface area contributed by atoms with Crippen LogP contribution in [0.15, 0.2) is 28.4 Å². The lowest BCUT2D eigenvalue weighted by molar-refractivity contribution is -0.106. The minimum Gasteiger partial charge on any atom is -0.390 e. The molecule has 230 valence electrons. The molecule has 2 aliphatic rings. The monoisotopic (exact) mass is 635 g/mol.